The Labute approximate surface area is 279 Å². The fourth-order valence-corrected chi connectivity index (χ4v) is 7.14. The van der Waals surface area contributed by atoms with Gasteiger partial charge in [-0.25, -0.2) is 0 Å². The Kier molecular flexibility index (Phi) is 14.4. The van der Waals surface area contributed by atoms with Gasteiger partial charge in [-0.2, -0.15) is 10.1 Å². The number of amides is 2. The smallest absolute Gasteiger partial charge is 0.250 e. The highest BCUT2D eigenvalue weighted by Gasteiger charge is 2.55. The third-order valence-electron chi connectivity index (χ3n) is 11.8. The topological polar surface area (TPSA) is 117 Å². The van der Waals surface area contributed by atoms with E-state index < -0.39 is 34.4 Å². The molecule has 2 heterocycles. The molecular formula is C36H66N4O6. The Hall–Kier alpha value is -1.88. The summed E-state index contributed by atoms with van der Waals surface area (Å²) in [4.78, 5) is 64.1. The van der Waals surface area contributed by atoms with Crippen molar-refractivity contribution in [1.29, 1.82) is 0 Å². The summed E-state index contributed by atoms with van der Waals surface area (Å²) in [6.45, 7) is 25.0. The first-order chi connectivity index (χ1) is 21.4. The number of hydrogen-bond donors (Lipinski definition) is 2. The van der Waals surface area contributed by atoms with E-state index in [1.807, 2.05) is 37.8 Å². The second kappa shape index (κ2) is 16.5. The number of piperidine rings is 2. The number of carbonyl (C=O) groups is 4. The van der Waals surface area contributed by atoms with Crippen molar-refractivity contribution in [3.8, 4) is 0 Å². The number of hydroxylamine groups is 4. The van der Waals surface area contributed by atoms with E-state index in [9.17, 15) is 19.2 Å². The lowest BCUT2D eigenvalue weighted by molar-refractivity contribution is -0.308. The number of Topliss-reactive ketones (excluding diaryl/α,β-unsaturated/α-hetero) is 2. The maximum atomic E-state index is 12.9. The number of nitrogens with zero attached hydrogens (tertiary/aromatic N) is 2. The van der Waals surface area contributed by atoms with Crippen LogP contribution in [-0.4, -0.2) is 81.0 Å². The van der Waals surface area contributed by atoms with Crippen molar-refractivity contribution in [2.45, 2.75) is 182 Å². The van der Waals surface area contributed by atoms with Crippen LogP contribution in [0.3, 0.4) is 0 Å². The van der Waals surface area contributed by atoms with Gasteiger partial charge in [-0.1, -0.05) is 54.4 Å². The first-order valence-corrected chi connectivity index (χ1v) is 18.0. The van der Waals surface area contributed by atoms with Gasteiger partial charge in [-0.05, 0) is 80.1 Å². The largest absolute Gasteiger partial charge is 0.354 e. The Bertz CT molecular complexity index is 989. The first-order valence-electron chi connectivity index (χ1n) is 18.0. The number of unbranched alkanes of at least 4 members (excludes halogenated alkanes) is 3. The molecule has 2 saturated heterocycles. The Morgan fingerprint density at radius 2 is 1.00 bits per heavy atom. The van der Waals surface area contributed by atoms with Gasteiger partial charge in [0, 0.05) is 37.8 Å². The van der Waals surface area contributed by atoms with Gasteiger partial charge in [0.2, 0.25) is 0 Å². The third-order valence-corrected chi connectivity index (χ3v) is 11.8. The number of ketones is 2. The van der Waals surface area contributed by atoms with Crippen LogP contribution in [0.1, 0.15) is 147 Å². The van der Waals surface area contributed by atoms with E-state index in [1.165, 1.54) is 0 Å². The van der Waals surface area contributed by atoms with Gasteiger partial charge in [0.15, 0.2) is 12.2 Å². The van der Waals surface area contributed by atoms with Crippen LogP contribution in [0.25, 0.3) is 0 Å². The predicted octanol–water partition coefficient (Wildman–Crippen LogP) is 5.92. The second-order valence-electron chi connectivity index (χ2n) is 14.9. The summed E-state index contributed by atoms with van der Waals surface area (Å²) in [7, 11) is 0. The van der Waals surface area contributed by atoms with E-state index in [-0.39, 0.29) is 35.2 Å². The van der Waals surface area contributed by atoms with Gasteiger partial charge in [-0.3, -0.25) is 28.9 Å². The van der Waals surface area contributed by atoms with Crippen molar-refractivity contribution < 1.29 is 28.9 Å². The van der Waals surface area contributed by atoms with Crippen LogP contribution in [0.15, 0.2) is 0 Å². The molecular weight excluding hydrogens is 584 g/mol. The summed E-state index contributed by atoms with van der Waals surface area (Å²) in [5, 5.41) is 9.92. The van der Waals surface area contributed by atoms with Crippen molar-refractivity contribution in [2.75, 3.05) is 13.1 Å². The van der Waals surface area contributed by atoms with Crippen LogP contribution in [0.5, 0.6) is 0 Å². The molecule has 2 N–H and O–H groups in total. The van der Waals surface area contributed by atoms with Crippen LogP contribution in [0.4, 0.5) is 0 Å². The molecule has 0 aromatic carbocycles. The van der Waals surface area contributed by atoms with Crippen LogP contribution in [0, 0.1) is 11.8 Å². The van der Waals surface area contributed by atoms with E-state index in [4.69, 9.17) is 9.68 Å². The highest BCUT2D eigenvalue weighted by molar-refractivity contribution is 5.85. The van der Waals surface area contributed by atoms with Crippen molar-refractivity contribution in [3.63, 3.8) is 0 Å². The molecule has 2 aliphatic heterocycles. The van der Waals surface area contributed by atoms with Crippen molar-refractivity contribution in [2.24, 2.45) is 11.8 Å². The lowest BCUT2D eigenvalue weighted by Crippen LogP contribution is -2.67. The quantitative estimate of drug-likeness (QED) is 0.187. The molecule has 0 aliphatic carbocycles. The predicted molar refractivity (Wildman–Crippen MR) is 182 cm³/mol. The van der Waals surface area contributed by atoms with Gasteiger partial charge >= 0.3 is 0 Å². The molecule has 0 aromatic rings. The molecule has 2 aliphatic rings. The summed E-state index contributed by atoms with van der Waals surface area (Å²) in [6.07, 6.45) is 5.98. The average Bonchev–Trinajstić information content (AvgIpc) is 3.03. The first kappa shape index (κ1) is 40.3. The fourth-order valence-electron chi connectivity index (χ4n) is 7.14. The summed E-state index contributed by atoms with van der Waals surface area (Å²) >= 11 is 0. The third kappa shape index (κ3) is 8.58. The van der Waals surface area contributed by atoms with Gasteiger partial charge < -0.3 is 10.6 Å². The van der Waals surface area contributed by atoms with Crippen LogP contribution < -0.4 is 10.6 Å². The lowest BCUT2D eigenvalue weighted by Gasteiger charge is -2.56. The summed E-state index contributed by atoms with van der Waals surface area (Å²) in [5.41, 5.74) is -1.87. The minimum absolute atomic E-state index is 0.159. The molecule has 10 heteroatoms. The maximum Gasteiger partial charge on any atom is 0.250 e. The lowest BCUT2D eigenvalue weighted by atomic mass is 9.70. The number of carbonyl (C=O) groups excluding carboxylic acids is 4. The highest BCUT2D eigenvalue weighted by Crippen LogP contribution is 2.45. The minimum Gasteiger partial charge on any atom is -0.354 e. The monoisotopic (exact) mass is 650 g/mol. The van der Waals surface area contributed by atoms with Gasteiger partial charge in [0.25, 0.3) is 11.8 Å². The number of rotatable bonds is 17. The van der Waals surface area contributed by atoms with E-state index in [2.05, 4.69) is 52.2 Å². The standard InChI is InChI=1S/C36H66N4O6/c1-13-33(9)23-29(41)25(5)35(11,15-3)39(33)45-27(7)31(43)37-21-19-17-18-20-22-38-32(44)28(8)46-40-34(10,14-2)24-30(42)26(6)36(40,12)16-4/h25-28H,13-24H2,1-12H3,(H,37,43)(H,38,44)/t25?,26?,27?,28?,33-,34?,35?,36?/m1/s1. The molecule has 8 atom stereocenters. The molecule has 46 heavy (non-hydrogen) atoms. The van der Waals surface area contributed by atoms with E-state index in [0.717, 1.165) is 51.4 Å². The zero-order valence-corrected chi connectivity index (χ0v) is 31.1. The molecule has 2 fully saturated rings. The van der Waals surface area contributed by atoms with Crippen molar-refractivity contribution in [3.05, 3.63) is 0 Å². The van der Waals surface area contributed by atoms with Crippen molar-refractivity contribution in [1.82, 2.24) is 20.8 Å². The summed E-state index contributed by atoms with van der Waals surface area (Å²) in [6, 6.07) is 0. The molecule has 266 valence electrons. The molecule has 2 rings (SSSR count). The normalized spacial score (nSPS) is 33.9. The maximum absolute atomic E-state index is 12.9. The summed E-state index contributed by atoms with van der Waals surface area (Å²) < 4.78 is 0. The average molecular weight is 651 g/mol. The SMILES string of the molecule is CCC1(C)CC(=O)C(C)C(C)(CC)N1OC(C)C(=O)NCCCCCCNC(=O)C(C)ON1C(C)(CC)C(C)C(=O)C[C@@]1(C)CC. The molecule has 0 saturated carbocycles. The minimum atomic E-state index is -0.671. The zero-order valence-electron chi connectivity index (χ0n) is 31.1. The van der Waals surface area contributed by atoms with E-state index in [0.29, 0.717) is 25.9 Å². The summed E-state index contributed by atoms with van der Waals surface area (Å²) in [5.74, 6) is -0.169. The van der Waals surface area contributed by atoms with Crippen LogP contribution in [-0.2, 0) is 28.9 Å². The Balaban J connectivity index is 1.75. The van der Waals surface area contributed by atoms with Crippen molar-refractivity contribution >= 4 is 23.4 Å². The Morgan fingerprint density at radius 1 is 0.674 bits per heavy atom. The fraction of sp³-hybridized carbons (Fsp3) is 0.889. The van der Waals surface area contributed by atoms with Gasteiger partial charge in [0.1, 0.15) is 11.6 Å². The van der Waals surface area contributed by atoms with Crippen LogP contribution >= 0.6 is 0 Å². The highest BCUT2D eigenvalue weighted by atomic mass is 16.7. The van der Waals surface area contributed by atoms with Gasteiger partial charge in [0.05, 0.1) is 22.2 Å². The second-order valence-corrected chi connectivity index (χ2v) is 14.9. The molecule has 7 unspecified atom stereocenters. The molecule has 10 nitrogen and oxygen atoms in total. The van der Waals surface area contributed by atoms with Crippen LogP contribution in [0.2, 0.25) is 0 Å². The van der Waals surface area contributed by atoms with Gasteiger partial charge in [-0.15, -0.1) is 0 Å². The Morgan fingerprint density at radius 3 is 1.28 bits per heavy atom. The van der Waals surface area contributed by atoms with E-state index in [1.54, 1.807) is 13.8 Å². The molecule has 0 radical (unpaired) electrons. The van der Waals surface area contributed by atoms with E-state index >= 15 is 0 Å². The number of hydrogen-bond acceptors (Lipinski definition) is 8. The molecule has 0 spiro atoms. The zero-order chi connectivity index (χ0) is 35.1. The molecule has 2 amide bonds. The number of nitrogens with one attached hydrogen (secondary N) is 2. The molecule has 0 bridgehead atoms. The molecule has 0 aromatic heterocycles.